The first-order valence-corrected chi connectivity index (χ1v) is 5.08. The third-order valence-corrected chi connectivity index (χ3v) is 2.63. The van der Waals surface area contributed by atoms with Crippen molar-refractivity contribution in [2.45, 2.75) is 24.7 Å². The Bertz CT molecular complexity index is 240. The number of hydrogen-bond donors (Lipinski definition) is 0. The van der Waals surface area contributed by atoms with E-state index in [4.69, 9.17) is 0 Å². The van der Waals surface area contributed by atoms with Gasteiger partial charge in [-0.15, -0.1) is 0 Å². The summed E-state index contributed by atoms with van der Waals surface area (Å²) in [5, 5.41) is 5.17. The third kappa shape index (κ3) is 1.83. The maximum Gasteiger partial charge on any atom is 0.0530 e. The second kappa shape index (κ2) is 2.97. The van der Waals surface area contributed by atoms with Gasteiger partial charge in [-0.05, 0) is 18.8 Å². The zero-order valence-electron chi connectivity index (χ0n) is 6.33. The number of alkyl halides is 1. The highest BCUT2D eigenvalue weighted by Gasteiger charge is 2.21. The molecule has 1 aromatic heterocycles. The van der Waals surface area contributed by atoms with Crippen LogP contribution in [0, 0.1) is 5.92 Å². The Labute approximate surface area is 74.7 Å². The largest absolute Gasteiger partial charge is 0.272 e. The van der Waals surface area contributed by atoms with Crippen LogP contribution in [0.15, 0.2) is 12.4 Å². The van der Waals surface area contributed by atoms with Crippen LogP contribution in [0.1, 0.15) is 18.4 Å². The maximum atomic E-state index is 4.25. The lowest BCUT2D eigenvalue weighted by molar-refractivity contribution is 0.563. The van der Waals surface area contributed by atoms with Crippen molar-refractivity contribution < 1.29 is 0 Å². The van der Waals surface area contributed by atoms with E-state index >= 15 is 0 Å². The molecule has 1 aliphatic rings. The van der Waals surface area contributed by atoms with Crippen molar-refractivity contribution in [1.82, 2.24) is 9.78 Å². The van der Waals surface area contributed by atoms with Crippen molar-refractivity contribution >= 4 is 15.9 Å². The molecular formula is C8H11BrN2. The second-order valence-electron chi connectivity index (χ2n) is 3.15. The van der Waals surface area contributed by atoms with Gasteiger partial charge in [-0.3, -0.25) is 4.68 Å². The molecule has 0 unspecified atom stereocenters. The molecule has 2 nitrogen and oxygen atoms in total. The van der Waals surface area contributed by atoms with Gasteiger partial charge in [0.1, 0.15) is 0 Å². The Hall–Kier alpha value is -0.310. The maximum absolute atomic E-state index is 4.25. The SMILES string of the molecule is BrCc1cnn(CC2CC2)c1. The number of aromatic nitrogens is 2. The van der Waals surface area contributed by atoms with Gasteiger partial charge in [0, 0.05) is 23.6 Å². The molecule has 1 saturated carbocycles. The van der Waals surface area contributed by atoms with E-state index in [1.165, 1.54) is 18.4 Å². The molecule has 60 valence electrons. The molecule has 0 aromatic carbocycles. The Morgan fingerprint density at radius 2 is 2.45 bits per heavy atom. The van der Waals surface area contributed by atoms with Gasteiger partial charge in [-0.1, -0.05) is 15.9 Å². The van der Waals surface area contributed by atoms with Crippen molar-refractivity contribution in [3.05, 3.63) is 18.0 Å². The number of nitrogens with zero attached hydrogens (tertiary/aromatic N) is 2. The first-order valence-electron chi connectivity index (χ1n) is 3.96. The topological polar surface area (TPSA) is 17.8 Å². The van der Waals surface area contributed by atoms with Gasteiger partial charge in [0.25, 0.3) is 0 Å². The minimum Gasteiger partial charge on any atom is -0.272 e. The van der Waals surface area contributed by atoms with Gasteiger partial charge < -0.3 is 0 Å². The quantitative estimate of drug-likeness (QED) is 0.706. The van der Waals surface area contributed by atoms with Gasteiger partial charge in [0.2, 0.25) is 0 Å². The average Bonchev–Trinajstić information content (AvgIpc) is 2.68. The van der Waals surface area contributed by atoms with E-state index in [1.54, 1.807) is 0 Å². The zero-order chi connectivity index (χ0) is 7.68. The van der Waals surface area contributed by atoms with Crippen molar-refractivity contribution in [2.24, 2.45) is 5.92 Å². The van der Waals surface area contributed by atoms with Gasteiger partial charge in [0.15, 0.2) is 0 Å². The van der Waals surface area contributed by atoms with E-state index in [0.29, 0.717) is 0 Å². The summed E-state index contributed by atoms with van der Waals surface area (Å²) in [4.78, 5) is 0. The van der Waals surface area contributed by atoms with Crippen LogP contribution in [-0.4, -0.2) is 9.78 Å². The summed E-state index contributed by atoms with van der Waals surface area (Å²) < 4.78 is 2.05. The molecule has 0 amide bonds. The lowest BCUT2D eigenvalue weighted by Crippen LogP contribution is -1.99. The van der Waals surface area contributed by atoms with Crippen LogP contribution in [0.5, 0.6) is 0 Å². The molecule has 2 rings (SSSR count). The Balaban J connectivity index is 1.99. The highest BCUT2D eigenvalue weighted by atomic mass is 79.9. The van der Waals surface area contributed by atoms with Crippen LogP contribution < -0.4 is 0 Å². The van der Waals surface area contributed by atoms with E-state index < -0.39 is 0 Å². The zero-order valence-corrected chi connectivity index (χ0v) is 7.92. The number of halogens is 1. The average molecular weight is 215 g/mol. The number of hydrogen-bond acceptors (Lipinski definition) is 1. The van der Waals surface area contributed by atoms with E-state index in [9.17, 15) is 0 Å². The molecule has 1 aromatic rings. The van der Waals surface area contributed by atoms with Crippen molar-refractivity contribution in [3.8, 4) is 0 Å². The Morgan fingerprint density at radius 1 is 1.64 bits per heavy atom. The molecule has 0 atom stereocenters. The highest BCUT2D eigenvalue weighted by Crippen LogP contribution is 2.30. The van der Waals surface area contributed by atoms with E-state index in [2.05, 4.69) is 27.2 Å². The molecule has 11 heavy (non-hydrogen) atoms. The molecular weight excluding hydrogens is 204 g/mol. The molecule has 0 aliphatic heterocycles. The molecule has 0 spiro atoms. The summed E-state index contributed by atoms with van der Waals surface area (Å²) >= 11 is 3.40. The summed E-state index contributed by atoms with van der Waals surface area (Å²) in [7, 11) is 0. The first-order chi connectivity index (χ1) is 5.38. The summed E-state index contributed by atoms with van der Waals surface area (Å²) in [5.74, 6) is 0.915. The fraction of sp³-hybridized carbons (Fsp3) is 0.625. The van der Waals surface area contributed by atoms with Crippen LogP contribution in [0.3, 0.4) is 0 Å². The molecule has 0 radical (unpaired) electrons. The molecule has 3 heteroatoms. The summed E-state index contributed by atoms with van der Waals surface area (Å²) in [6.45, 7) is 1.12. The summed E-state index contributed by atoms with van der Waals surface area (Å²) in [6, 6.07) is 0. The Kier molecular flexibility index (Phi) is 1.98. The van der Waals surface area contributed by atoms with Gasteiger partial charge in [0.05, 0.1) is 6.20 Å². The van der Waals surface area contributed by atoms with Crippen molar-refractivity contribution in [3.63, 3.8) is 0 Å². The van der Waals surface area contributed by atoms with Gasteiger partial charge in [-0.25, -0.2) is 0 Å². The molecule has 1 heterocycles. The highest BCUT2D eigenvalue weighted by molar-refractivity contribution is 9.08. The summed E-state index contributed by atoms with van der Waals surface area (Å²) in [6.07, 6.45) is 6.83. The lowest BCUT2D eigenvalue weighted by atomic mass is 10.4. The predicted molar refractivity (Wildman–Crippen MR) is 47.6 cm³/mol. The first kappa shape index (κ1) is 7.35. The van der Waals surface area contributed by atoms with Crippen molar-refractivity contribution in [1.29, 1.82) is 0 Å². The van der Waals surface area contributed by atoms with Crippen LogP contribution in [-0.2, 0) is 11.9 Å². The van der Waals surface area contributed by atoms with E-state index in [0.717, 1.165) is 17.8 Å². The van der Waals surface area contributed by atoms with Crippen molar-refractivity contribution in [2.75, 3.05) is 0 Å². The fourth-order valence-electron chi connectivity index (χ4n) is 1.14. The van der Waals surface area contributed by atoms with E-state index in [1.807, 2.05) is 10.9 Å². The van der Waals surface area contributed by atoms with Crippen LogP contribution in [0.25, 0.3) is 0 Å². The van der Waals surface area contributed by atoms with Gasteiger partial charge >= 0.3 is 0 Å². The number of rotatable bonds is 3. The van der Waals surface area contributed by atoms with Gasteiger partial charge in [-0.2, -0.15) is 5.10 Å². The van der Waals surface area contributed by atoms with Crippen LogP contribution in [0.2, 0.25) is 0 Å². The smallest absolute Gasteiger partial charge is 0.0530 e. The summed E-state index contributed by atoms with van der Waals surface area (Å²) in [5.41, 5.74) is 1.27. The Morgan fingerprint density at radius 3 is 3.00 bits per heavy atom. The molecule has 1 fully saturated rings. The standard InChI is InChI=1S/C8H11BrN2/c9-3-8-4-10-11(6-8)5-7-1-2-7/h4,6-7H,1-3,5H2. The molecule has 1 aliphatic carbocycles. The lowest BCUT2D eigenvalue weighted by Gasteiger charge is -1.95. The minimum absolute atomic E-state index is 0.914. The normalized spacial score (nSPS) is 17.2. The molecule has 0 bridgehead atoms. The monoisotopic (exact) mass is 214 g/mol. The molecule has 0 saturated heterocycles. The predicted octanol–water partition coefficient (Wildman–Crippen LogP) is 2.19. The van der Waals surface area contributed by atoms with Crippen LogP contribution in [0.4, 0.5) is 0 Å². The fourth-order valence-corrected chi connectivity index (χ4v) is 1.43. The second-order valence-corrected chi connectivity index (χ2v) is 3.71. The van der Waals surface area contributed by atoms with E-state index in [-0.39, 0.29) is 0 Å². The molecule has 0 N–H and O–H groups in total. The minimum atomic E-state index is 0.914. The third-order valence-electron chi connectivity index (χ3n) is 1.98. The van der Waals surface area contributed by atoms with Crippen LogP contribution >= 0.6 is 15.9 Å².